The Bertz CT molecular complexity index is 530. The highest BCUT2D eigenvalue weighted by Gasteiger charge is 2.18. The van der Waals surface area contributed by atoms with Crippen molar-refractivity contribution in [3.63, 3.8) is 0 Å². The third-order valence-electron chi connectivity index (χ3n) is 5.19. The monoisotopic (exact) mass is 389 g/mol. The van der Waals surface area contributed by atoms with Gasteiger partial charge in [0.1, 0.15) is 11.8 Å². The summed E-state index contributed by atoms with van der Waals surface area (Å²) in [7, 11) is 0. The fourth-order valence-corrected chi connectivity index (χ4v) is 3.41. The molecular formula is C24H39NO3. The van der Waals surface area contributed by atoms with Crippen molar-refractivity contribution < 1.29 is 14.7 Å². The summed E-state index contributed by atoms with van der Waals surface area (Å²) in [6, 6.07) is 8.79. The zero-order chi connectivity index (χ0) is 20.5. The van der Waals surface area contributed by atoms with Gasteiger partial charge in [-0.3, -0.25) is 14.9 Å². The van der Waals surface area contributed by atoms with Crippen LogP contribution in [0.3, 0.4) is 0 Å². The maximum absolute atomic E-state index is 12.0. The van der Waals surface area contributed by atoms with Gasteiger partial charge in [0.15, 0.2) is 0 Å². The van der Waals surface area contributed by atoms with Gasteiger partial charge in [0, 0.05) is 6.42 Å². The molecule has 0 aromatic heterocycles. The molecule has 4 heteroatoms. The van der Waals surface area contributed by atoms with Gasteiger partial charge in [0.25, 0.3) is 0 Å². The number of carbonyl (C=O) groups excluding carboxylic acids is 1. The van der Waals surface area contributed by atoms with Crippen LogP contribution in [-0.4, -0.2) is 29.4 Å². The van der Waals surface area contributed by atoms with Gasteiger partial charge in [-0.25, -0.2) is 0 Å². The quantitative estimate of drug-likeness (QED) is 0.323. The van der Waals surface area contributed by atoms with Crippen LogP contribution < -0.4 is 5.32 Å². The minimum atomic E-state index is -0.911. The average molecular weight is 390 g/mol. The summed E-state index contributed by atoms with van der Waals surface area (Å²) in [6.45, 7) is 2.39. The Labute approximate surface area is 171 Å². The van der Waals surface area contributed by atoms with Crippen LogP contribution in [0.2, 0.25) is 0 Å². The number of ketones is 1. The predicted molar refractivity (Wildman–Crippen MR) is 116 cm³/mol. The molecule has 0 amide bonds. The lowest BCUT2D eigenvalue weighted by Crippen LogP contribution is -2.41. The first kappa shape index (κ1) is 24.4. The van der Waals surface area contributed by atoms with E-state index in [4.69, 9.17) is 0 Å². The SMILES string of the molecule is CCCCCCCCCCCCCC(=O)CNC(Cc1ccccc1)C(=O)O. The molecule has 0 aliphatic rings. The summed E-state index contributed by atoms with van der Waals surface area (Å²) in [6.07, 6.45) is 14.8. The molecule has 1 unspecified atom stereocenters. The molecule has 0 saturated carbocycles. The van der Waals surface area contributed by atoms with Gasteiger partial charge in [-0.2, -0.15) is 0 Å². The molecule has 0 saturated heterocycles. The Morgan fingerprint density at radius 2 is 1.39 bits per heavy atom. The number of aliphatic carboxylic acids is 1. The second-order valence-corrected chi connectivity index (χ2v) is 7.79. The number of unbranched alkanes of at least 4 members (excludes halogenated alkanes) is 10. The molecule has 1 atom stereocenters. The summed E-state index contributed by atoms with van der Waals surface area (Å²) in [4.78, 5) is 23.4. The first-order valence-electron chi connectivity index (χ1n) is 11.1. The van der Waals surface area contributed by atoms with Crippen molar-refractivity contribution in [3.05, 3.63) is 35.9 Å². The van der Waals surface area contributed by atoms with E-state index in [0.29, 0.717) is 12.8 Å². The summed E-state index contributed by atoms with van der Waals surface area (Å²) < 4.78 is 0. The second kappa shape index (κ2) is 16.3. The maximum atomic E-state index is 12.0. The van der Waals surface area contributed by atoms with E-state index < -0.39 is 12.0 Å². The molecule has 2 N–H and O–H groups in total. The summed E-state index contributed by atoms with van der Waals surface area (Å²) in [5, 5.41) is 12.3. The van der Waals surface area contributed by atoms with E-state index in [9.17, 15) is 14.7 Å². The molecule has 0 radical (unpaired) electrons. The van der Waals surface area contributed by atoms with Crippen LogP contribution in [0.5, 0.6) is 0 Å². The first-order chi connectivity index (χ1) is 13.6. The molecule has 158 valence electrons. The number of carbonyl (C=O) groups is 2. The van der Waals surface area contributed by atoms with Crippen molar-refractivity contribution in [1.82, 2.24) is 5.32 Å². The number of Topliss-reactive ketones (excluding diaryl/α,β-unsaturated/α-hetero) is 1. The molecule has 28 heavy (non-hydrogen) atoms. The van der Waals surface area contributed by atoms with E-state index in [2.05, 4.69) is 12.2 Å². The van der Waals surface area contributed by atoms with Crippen molar-refractivity contribution in [1.29, 1.82) is 0 Å². The number of nitrogens with one attached hydrogen (secondary N) is 1. The lowest BCUT2D eigenvalue weighted by molar-refractivity contribution is -0.139. The lowest BCUT2D eigenvalue weighted by atomic mass is 10.0. The zero-order valence-electron chi connectivity index (χ0n) is 17.6. The van der Waals surface area contributed by atoms with E-state index in [-0.39, 0.29) is 12.3 Å². The number of carboxylic acid groups (broad SMARTS) is 1. The fourth-order valence-electron chi connectivity index (χ4n) is 3.41. The highest BCUT2D eigenvalue weighted by molar-refractivity contribution is 5.81. The van der Waals surface area contributed by atoms with Gasteiger partial charge in [0.05, 0.1) is 6.54 Å². The van der Waals surface area contributed by atoms with Gasteiger partial charge in [-0.05, 0) is 18.4 Å². The van der Waals surface area contributed by atoms with E-state index in [1.165, 1.54) is 57.8 Å². The number of rotatable bonds is 18. The Balaban J connectivity index is 2.04. The normalized spacial score (nSPS) is 12.0. The second-order valence-electron chi connectivity index (χ2n) is 7.79. The van der Waals surface area contributed by atoms with Crippen LogP contribution >= 0.6 is 0 Å². The molecule has 1 aromatic rings. The molecule has 0 fully saturated rings. The summed E-state index contributed by atoms with van der Waals surface area (Å²) in [5.41, 5.74) is 0.959. The fraction of sp³-hybridized carbons (Fsp3) is 0.667. The predicted octanol–water partition coefficient (Wildman–Crippen LogP) is 5.54. The minimum Gasteiger partial charge on any atom is -0.480 e. The van der Waals surface area contributed by atoms with Crippen LogP contribution in [0, 0.1) is 0 Å². The molecule has 1 rings (SSSR count). The Morgan fingerprint density at radius 3 is 1.93 bits per heavy atom. The van der Waals surface area contributed by atoms with Gasteiger partial charge < -0.3 is 5.11 Å². The number of hydrogen-bond donors (Lipinski definition) is 2. The molecule has 4 nitrogen and oxygen atoms in total. The van der Waals surface area contributed by atoms with Crippen LogP contribution in [0.15, 0.2) is 30.3 Å². The Hall–Kier alpha value is -1.68. The van der Waals surface area contributed by atoms with E-state index in [1.54, 1.807) is 0 Å². The summed E-state index contributed by atoms with van der Waals surface area (Å²) >= 11 is 0. The van der Waals surface area contributed by atoms with E-state index >= 15 is 0 Å². The zero-order valence-corrected chi connectivity index (χ0v) is 17.6. The molecule has 0 aliphatic carbocycles. The molecule has 0 aliphatic heterocycles. The van der Waals surface area contributed by atoms with Crippen molar-refractivity contribution in [2.75, 3.05) is 6.54 Å². The Kier molecular flexibility index (Phi) is 14.2. The molecule has 0 heterocycles. The smallest absolute Gasteiger partial charge is 0.321 e. The van der Waals surface area contributed by atoms with Crippen molar-refractivity contribution in [3.8, 4) is 0 Å². The highest BCUT2D eigenvalue weighted by atomic mass is 16.4. The van der Waals surface area contributed by atoms with Gasteiger partial charge >= 0.3 is 5.97 Å². The van der Waals surface area contributed by atoms with Gasteiger partial charge in [-0.15, -0.1) is 0 Å². The van der Waals surface area contributed by atoms with E-state index in [0.717, 1.165) is 18.4 Å². The van der Waals surface area contributed by atoms with Crippen LogP contribution in [0.1, 0.15) is 89.5 Å². The summed E-state index contributed by atoms with van der Waals surface area (Å²) in [5.74, 6) is -0.804. The van der Waals surface area contributed by atoms with Crippen LogP contribution in [0.25, 0.3) is 0 Å². The van der Waals surface area contributed by atoms with Crippen LogP contribution in [0.4, 0.5) is 0 Å². The standard InChI is InChI=1S/C24H39NO3/c1-2-3-4-5-6-7-8-9-10-11-15-18-22(26)20-25-23(24(27)28)19-21-16-13-12-14-17-21/h12-14,16-17,23,25H,2-11,15,18-20H2,1H3,(H,27,28). The van der Waals surface area contributed by atoms with E-state index in [1.807, 2.05) is 30.3 Å². The topological polar surface area (TPSA) is 66.4 Å². The van der Waals surface area contributed by atoms with Crippen molar-refractivity contribution in [2.45, 2.75) is 96.4 Å². The van der Waals surface area contributed by atoms with Crippen molar-refractivity contribution in [2.24, 2.45) is 0 Å². The number of carboxylic acids is 1. The average Bonchev–Trinajstić information content (AvgIpc) is 2.69. The third-order valence-corrected chi connectivity index (χ3v) is 5.19. The molecule has 0 spiro atoms. The highest BCUT2D eigenvalue weighted by Crippen LogP contribution is 2.12. The van der Waals surface area contributed by atoms with Gasteiger partial charge in [0.2, 0.25) is 0 Å². The van der Waals surface area contributed by atoms with Crippen molar-refractivity contribution >= 4 is 11.8 Å². The molecule has 0 bridgehead atoms. The Morgan fingerprint density at radius 1 is 0.857 bits per heavy atom. The number of benzene rings is 1. The van der Waals surface area contributed by atoms with Crippen LogP contribution in [-0.2, 0) is 16.0 Å². The van der Waals surface area contributed by atoms with Gasteiger partial charge in [-0.1, -0.05) is 101 Å². The maximum Gasteiger partial charge on any atom is 0.321 e. The largest absolute Gasteiger partial charge is 0.480 e. The number of hydrogen-bond acceptors (Lipinski definition) is 3. The lowest BCUT2D eigenvalue weighted by Gasteiger charge is -2.14. The first-order valence-corrected chi connectivity index (χ1v) is 11.1. The molecule has 1 aromatic carbocycles. The molecular weight excluding hydrogens is 350 g/mol. The third kappa shape index (κ3) is 12.7. The minimum absolute atomic E-state index is 0.107.